The molecular weight excluding hydrogens is 363 g/mol. The fourth-order valence-corrected chi connectivity index (χ4v) is 2.95. The number of hydrogen-bond donors (Lipinski definition) is 1. The van der Waals surface area contributed by atoms with E-state index in [4.69, 9.17) is 0 Å². The van der Waals surface area contributed by atoms with Gasteiger partial charge in [-0.25, -0.2) is 0 Å². The number of nitrogens with one attached hydrogen (secondary N) is 1. The van der Waals surface area contributed by atoms with Crippen molar-refractivity contribution in [2.45, 2.75) is 32.1 Å². The van der Waals surface area contributed by atoms with Crippen LogP contribution in [0.25, 0.3) is 0 Å². The molecule has 2 unspecified atom stereocenters. The summed E-state index contributed by atoms with van der Waals surface area (Å²) in [7, 11) is 3.14. The topological polar surface area (TPSA) is 69.7 Å². The number of rotatable bonds is 5. The van der Waals surface area contributed by atoms with Crippen molar-refractivity contribution in [1.82, 2.24) is 15.1 Å². The van der Waals surface area contributed by atoms with Crippen LogP contribution in [0, 0.1) is 5.92 Å². The maximum atomic E-state index is 12.8. The van der Waals surface area contributed by atoms with Crippen molar-refractivity contribution in [2.75, 3.05) is 20.6 Å². The molecule has 6 nitrogen and oxygen atoms in total. The van der Waals surface area contributed by atoms with Gasteiger partial charge in [0.1, 0.15) is 6.04 Å². The Hall–Kier alpha value is -2.58. The Balaban J connectivity index is 1.99. The van der Waals surface area contributed by atoms with Gasteiger partial charge in [0, 0.05) is 33.6 Å². The summed E-state index contributed by atoms with van der Waals surface area (Å²) < 4.78 is 38.4. The molecule has 0 aliphatic carbocycles. The molecule has 0 spiro atoms. The minimum atomic E-state index is -4.46. The largest absolute Gasteiger partial charge is 0.416 e. The van der Waals surface area contributed by atoms with Gasteiger partial charge in [0.25, 0.3) is 0 Å². The van der Waals surface area contributed by atoms with Crippen LogP contribution in [0.4, 0.5) is 13.2 Å². The van der Waals surface area contributed by atoms with E-state index in [-0.39, 0.29) is 31.3 Å². The molecule has 2 rings (SSSR count). The monoisotopic (exact) mass is 385 g/mol. The second-order valence-electron chi connectivity index (χ2n) is 6.84. The van der Waals surface area contributed by atoms with E-state index in [2.05, 4.69) is 5.32 Å². The third kappa shape index (κ3) is 5.21. The molecular formula is C18H22F3N3O3. The molecule has 1 aromatic carbocycles. The molecule has 1 heterocycles. The molecule has 0 saturated carbocycles. The molecule has 0 bridgehead atoms. The zero-order chi connectivity index (χ0) is 20.4. The Morgan fingerprint density at radius 3 is 2.59 bits per heavy atom. The van der Waals surface area contributed by atoms with E-state index in [1.807, 2.05) is 0 Å². The van der Waals surface area contributed by atoms with Crippen LogP contribution in [-0.4, -0.2) is 54.2 Å². The molecule has 27 heavy (non-hydrogen) atoms. The Kier molecular flexibility index (Phi) is 6.12. The number of halogens is 3. The van der Waals surface area contributed by atoms with E-state index in [1.165, 1.54) is 21.9 Å². The van der Waals surface area contributed by atoms with Gasteiger partial charge in [-0.2, -0.15) is 13.2 Å². The molecule has 148 valence electrons. The number of nitrogens with zero attached hydrogens (tertiary/aromatic N) is 2. The number of hydrogen-bond acceptors (Lipinski definition) is 3. The average Bonchev–Trinajstić information content (AvgIpc) is 2.94. The Morgan fingerprint density at radius 1 is 1.33 bits per heavy atom. The van der Waals surface area contributed by atoms with E-state index in [0.717, 1.165) is 12.1 Å². The quantitative estimate of drug-likeness (QED) is 0.838. The van der Waals surface area contributed by atoms with Crippen LogP contribution < -0.4 is 5.32 Å². The standard InChI is InChI=1S/C18H22F3N3O3/c1-11(17(27)23(2)3)22-16(26)13-8-15(25)24(10-13)9-12-5-4-6-14(7-12)18(19,20)21/h4-7,11,13H,8-10H2,1-3H3,(H,22,26). The van der Waals surface area contributed by atoms with Crippen LogP contribution >= 0.6 is 0 Å². The van der Waals surface area contributed by atoms with Crippen molar-refractivity contribution in [2.24, 2.45) is 5.92 Å². The number of amides is 3. The van der Waals surface area contributed by atoms with Crippen LogP contribution in [0.1, 0.15) is 24.5 Å². The third-order valence-corrected chi connectivity index (χ3v) is 4.38. The van der Waals surface area contributed by atoms with Crippen molar-refractivity contribution in [1.29, 1.82) is 0 Å². The summed E-state index contributed by atoms with van der Waals surface area (Å²) in [5.41, 5.74) is -0.438. The summed E-state index contributed by atoms with van der Waals surface area (Å²) in [4.78, 5) is 39.0. The summed E-state index contributed by atoms with van der Waals surface area (Å²) in [5.74, 6) is -1.63. The van der Waals surface area contributed by atoms with Crippen LogP contribution in [-0.2, 0) is 27.1 Å². The van der Waals surface area contributed by atoms with Gasteiger partial charge in [0.05, 0.1) is 11.5 Å². The van der Waals surface area contributed by atoms with E-state index in [0.29, 0.717) is 5.56 Å². The summed E-state index contributed by atoms with van der Waals surface area (Å²) in [6, 6.07) is 4.04. The number of likely N-dealkylation sites (tertiary alicyclic amines) is 1. The maximum Gasteiger partial charge on any atom is 0.416 e. The molecule has 1 aliphatic heterocycles. The van der Waals surface area contributed by atoms with Gasteiger partial charge in [-0.1, -0.05) is 12.1 Å². The van der Waals surface area contributed by atoms with Crippen LogP contribution in [0.15, 0.2) is 24.3 Å². The second-order valence-corrected chi connectivity index (χ2v) is 6.84. The Morgan fingerprint density at radius 2 is 2.00 bits per heavy atom. The fraction of sp³-hybridized carbons (Fsp3) is 0.500. The van der Waals surface area contributed by atoms with E-state index in [9.17, 15) is 27.6 Å². The number of carbonyl (C=O) groups is 3. The van der Waals surface area contributed by atoms with Crippen molar-refractivity contribution in [3.05, 3.63) is 35.4 Å². The Bertz CT molecular complexity index is 734. The lowest BCUT2D eigenvalue weighted by atomic mass is 10.1. The summed E-state index contributed by atoms with van der Waals surface area (Å²) >= 11 is 0. The van der Waals surface area contributed by atoms with Crippen molar-refractivity contribution < 1.29 is 27.6 Å². The molecule has 1 fully saturated rings. The normalized spacial score (nSPS) is 18.4. The first-order chi connectivity index (χ1) is 12.5. The van der Waals surface area contributed by atoms with Gasteiger partial charge in [-0.05, 0) is 24.6 Å². The average molecular weight is 385 g/mol. The highest BCUT2D eigenvalue weighted by molar-refractivity contribution is 5.92. The number of benzene rings is 1. The molecule has 3 amide bonds. The van der Waals surface area contributed by atoms with E-state index < -0.39 is 29.6 Å². The highest BCUT2D eigenvalue weighted by atomic mass is 19.4. The van der Waals surface area contributed by atoms with Gasteiger partial charge in [-0.15, -0.1) is 0 Å². The SMILES string of the molecule is CC(NC(=O)C1CC(=O)N(Cc2cccc(C(F)(F)F)c2)C1)C(=O)N(C)C. The summed E-state index contributed by atoms with van der Waals surface area (Å²) in [6.45, 7) is 1.65. The Labute approximate surface area is 155 Å². The molecule has 1 aliphatic rings. The molecule has 0 aromatic heterocycles. The minimum absolute atomic E-state index is 0.00127. The second kappa shape index (κ2) is 7.98. The van der Waals surface area contributed by atoms with Crippen molar-refractivity contribution >= 4 is 17.7 Å². The predicted molar refractivity (Wildman–Crippen MR) is 91.3 cm³/mol. The number of carbonyl (C=O) groups excluding carboxylic acids is 3. The molecule has 1 aromatic rings. The third-order valence-electron chi connectivity index (χ3n) is 4.38. The first kappa shape index (κ1) is 20.7. The highest BCUT2D eigenvalue weighted by Gasteiger charge is 2.36. The lowest BCUT2D eigenvalue weighted by Crippen LogP contribution is -2.46. The van der Waals surface area contributed by atoms with Crippen molar-refractivity contribution in [3.8, 4) is 0 Å². The predicted octanol–water partition coefficient (Wildman–Crippen LogP) is 1.65. The summed E-state index contributed by atoms with van der Waals surface area (Å²) in [6.07, 6.45) is -4.49. The fourth-order valence-electron chi connectivity index (χ4n) is 2.95. The first-order valence-electron chi connectivity index (χ1n) is 8.44. The van der Waals surface area contributed by atoms with Gasteiger partial charge in [0.15, 0.2) is 0 Å². The zero-order valence-corrected chi connectivity index (χ0v) is 15.3. The van der Waals surface area contributed by atoms with Crippen LogP contribution in [0.2, 0.25) is 0 Å². The number of likely N-dealkylation sites (N-methyl/N-ethyl adjacent to an activating group) is 1. The van der Waals surface area contributed by atoms with Gasteiger partial charge in [0.2, 0.25) is 17.7 Å². The number of alkyl halides is 3. The van der Waals surface area contributed by atoms with Crippen LogP contribution in [0.5, 0.6) is 0 Å². The smallest absolute Gasteiger partial charge is 0.347 e. The van der Waals surface area contributed by atoms with E-state index >= 15 is 0 Å². The minimum Gasteiger partial charge on any atom is -0.347 e. The summed E-state index contributed by atoms with van der Waals surface area (Å²) in [5, 5.41) is 2.58. The van der Waals surface area contributed by atoms with Crippen LogP contribution in [0.3, 0.4) is 0 Å². The maximum absolute atomic E-state index is 12.8. The lowest BCUT2D eigenvalue weighted by Gasteiger charge is -2.20. The molecule has 9 heteroatoms. The molecule has 1 N–H and O–H groups in total. The first-order valence-corrected chi connectivity index (χ1v) is 8.44. The lowest BCUT2D eigenvalue weighted by molar-refractivity contribution is -0.137. The molecule has 0 radical (unpaired) electrons. The van der Waals surface area contributed by atoms with Gasteiger partial charge in [-0.3, -0.25) is 14.4 Å². The van der Waals surface area contributed by atoms with Gasteiger partial charge >= 0.3 is 6.18 Å². The zero-order valence-electron chi connectivity index (χ0n) is 15.3. The highest BCUT2D eigenvalue weighted by Crippen LogP contribution is 2.30. The molecule has 2 atom stereocenters. The van der Waals surface area contributed by atoms with E-state index in [1.54, 1.807) is 21.0 Å². The van der Waals surface area contributed by atoms with Crippen molar-refractivity contribution in [3.63, 3.8) is 0 Å². The van der Waals surface area contributed by atoms with Gasteiger partial charge < -0.3 is 15.1 Å². The molecule has 1 saturated heterocycles.